The van der Waals surface area contributed by atoms with Gasteiger partial charge >= 0.3 is 0 Å². The van der Waals surface area contributed by atoms with Gasteiger partial charge < -0.3 is 13.6 Å². The van der Waals surface area contributed by atoms with Crippen molar-refractivity contribution in [2.24, 2.45) is 0 Å². The molecule has 15 rings (SSSR count). The third-order valence-corrected chi connectivity index (χ3v) is 15.3. The Kier molecular flexibility index (Phi) is 7.56. The highest BCUT2D eigenvalue weighted by Gasteiger charge is 2.38. The maximum Gasteiger partial charge on any atom is 0.136 e. The molecule has 0 bridgehead atoms. The van der Waals surface area contributed by atoms with Crippen LogP contribution in [0.4, 0.5) is 0 Å². The number of rotatable bonds is 4. The summed E-state index contributed by atoms with van der Waals surface area (Å²) in [6, 6.07) is 80.5. The first-order chi connectivity index (χ1) is 33.5. The molecule has 0 fully saturated rings. The lowest BCUT2D eigenvalue weighted by Crippen LogP contribution is -2.15. The fraction of sp³-hybridized carbons (Fsp3) is 0.0462. The van der Waals surface area contributed by atoms with Crippen LogP contribution in [0.2, 0.25) is 0 Å². The molecule has 68 heavy (non-hydrogen) atoms. The second-order valence-electron chi connectivity index (χ2n) is 19.2. The third-order valence-electron chi connectivity index (χ3n) is 15.3. The monoisotopic (exact) mass is 866 g/mol. The summed E-state index contributed by atoms with van der Waals surface area (Å²) in [6.45, 7) is 4.82. The van der Waals surface area contributed by atoms with Gasteiger partial charge in [-0.05, 0) is 133 Å². The highest BCUT2D eigenvalue weighted by atomic mass is 16.3. The molecule has 3 heterocycles. The normalized spacial score (nSPS) is 13.3. The van der Waals surface area contributed by atoms with Gasteiger partial charge in [-0.25, -0.2) is 0 Å². The molecular formula is C65H42N2O. The van der Waals surface area contributed by atoms with Crippen LogP contribution in [0.1, 0.15) is 25.0 Å². The summed E-state index contributed by atoms with van der Waals surface area (Å²) in [5, 5.41) is 12.2. The molecule has 3 nitrogen and oxygen atoms in total. The van der Waals surface area contributed by atoms with Crippen LogP contribution in [0.3, 0.4) is 0 Å². The Hall–Kier alpha value is -8.66. The maximum absolute atomic E-state index is 6.71. The Morgan fingerprint density at radius 2 is 1.07 bits per heavy atom. The van der Waals surface area contributed by atoms with Crippen molar-refractivity contribution in [3.05, 3.63) is 230 Å². The molecule has 3 aromatic heterocycles. The average Bonchev–Trinajstić information content (AvgIpc) is 4.10. The summed E-state index contributed by atoms with van der Waals surface area (Å²) in [5.41, 5.74) is 18.8. The molecule has 0 N–H and O–H groups in total. The Balaban J connectivity index is 0.976. The fourth-order valence-corrected chi connectivity index (χ4v) is 12.2. The maximum atomic E-state index is 6.71. The SMILES string of the molecule is CC1(C)c2cc3c(cc2-c2c1cc(-c1ccccc1)c1ccccc21)c1cc(-c2cccc4oc5ccc(-n6c7ccccc7c7ccc8ccccc8c76)cc5c24)ccc1n3-c1ccccc1. The molecule has 0 unspecified atom stereocenters. The molecule has 11 aromatic carbocycles. The van der Waals surface area contributed by atoms with E-state index in [4.69, 9.17) is 4.42 Å². The Morgan fingerprint density at radius 1 is 0.353 bits per heavy atom. The molecule has 318 valence electrons. The highest BCUT2D eigenvalue weighted by molar-refractivity contribution is 6.20. The zero-order valence-corrected chi connectivity index (χ0v) is 37.6. The van der Waals surface area contributed by atoms with E-state index in [0.717, 1.165) is 44.4 Å². The van der Waals surface area contributed by atoms with Gasteiger partial charge in [-0.1, -0.05) is 159 Å². The number of hydrogen-bond donors (Lipinski definition) is 0. The number of benzene rings is 11. The minimum absolute atomic E-state index is 0.223. The summed E-state index contributed by atoms with van der Waals surface area (Å²) in [4.78, 5) is 0. The molecule has 3 heteroatoms. The van der Waals surface area contributed by atoms with E-state index in [0.29, 0.717) is 0 Å². The Morgan fingerprint density at radius 3 is 1.93 bits per heavy atom. The van der Waals surface area contributed by atoms with E-state index < -0.39 is 0 Å². The number of hydrogen-bond acceptors (Lipinski definition) is 1. The van der Waals surface area contributed by atoms with Crippen molar-refractivity contribution in [3.8, 4) is 44.8 Å². The van der Waals surface area contributed by atoms with E-state index in [-0.39, 0.29) is 5.41 Å². The van der Waals surface area contributed by atoms with Crippen LogP contribution in [-0.2, 0) is 5.41 Å². The van der Waals surface area contributed by atoms with E-state index in [9.17, 15) is 0 Å². The molecule has 14 aromatic rings. The number of nitrogens with zero attached hydrogens (tertiary/aromatic N) is 2. The molecule has 0 saturated carbocycles. The molecule has 1 aliphatic carbocycles. The molecule has 0 atom stereocenters. The highest BCUT2D eigenvalue weighted by Crippen LogP contribution is 2.55. The topological polar surface area (TPSA) is 23.0 Å². The number of aromatic nitrogens is 2. The van der Waals surface area contributed by atoms with Crippen molar-refractivity contribution in [1.82, 2.24) is 9.13 Å². The van der Waals surface area contributed by atoms with Crippen molar-refractivity contribution in [2.45, 2.75) is 19.3 Å². The number of para-hydroxylation sites is 2. The van der Waals surface area contributed by atoms with Gasteiger partial charge in [0.1, 0.15) is 11.2 Å². The van der Waals surface area contributed by atoms with Gasteiger partial charge in [0.25, 0.3) is 0 Å². The first kappa shape index (κ1) is 37.5. The molecule has 0 saturated heterocycles. The van der Waals surface area contributed by atoms with Gasteiger partial charge in [-0.2, -0.15) is 0 Å². The summed E-state index contributed by atoms with van der Waals surface area (Å²) in [5.74, 6) is 0. The summed E-state index contributed by atoms with van der Waals surface area (Å²) in [6.07, 6.45) is 0. The Bertz CT molecular complexity index is 4450. The summed E-state index contributed by atoms with van der Waals surface area (Å²) >= 11 is 0. The fourth-order valence-electron chi connectivity index (χ4n) is 12.2. The van der Waals surface area contributed by atoms with Gasteiger partial charge in [0.05, 0.1) is 22.1 Å². The van der Waals surface area contributed by atoms with Crippen LogP contribution in [0.5, 0.6) is 0 Å². The zero-order chi connectivity index (χ0) is 44.8. The van der Waals surface area contributed by atoms with Crippen molar-refractivity contribution >= 4 is 87.1 Å². The van der Waals surface area contributed by atoms with Crippen molar-refractivity contribution < 1.29 is 4.42 Å². The van der Waals surface area contributed by atoms with Crippen LogP contribution in [0.25, 0.3) is 132 Å². The van der Waals surface area contributed by atoms with E-state index in [1.54, 1.807) is 0 Å². The van der Waals surface area contributed by atoms with Gasteiger partial charge in [-0.3, -0.25) is 0 Å². The largest absolute Gasteiger partial charge is 0.456 e. The minimum atomic E-state index is -0.223. The summed E-state index contributed by atoms with van der Waals surface area (Å²) < 4.78 is 11.6. The van der Waals surface area contributed by atoms with Crippen LogP contribution in [0, 0.1) is 0 Å². The van der Waals surface area contributed by atoms with Crippen molar-refractivity contribution in [1.29, 1.82) is 0 Å². The van der Waals surface area contributed by atoms with E-state index in [1.807, 2.05) is 0 Å². The number of fused-ring (bicyclic) bond motifs is 16. The van der Waals surface area contributed by atoms with Crippen LogP contribution >= 0.6 is 0 Å². The molecule has 0 spiro atoms. The molecule has 0 aliphatic heterocycles. The van der Waals surface area contributed by atoms with Crippen LogP contribution < -0.4 is 0 Å². The predicted octanol–water partition coefficient (Wildman–Crippen LogP) is 17.7. The number of furan rings is 1. The smallest absolute Gasteiger partial charge is 0.136 e. The van der Waals surface area contributed by atoms with Crippen LogP contribution in [-0.4, -0.2) is 9.13 Å². The van der Waals surface area contributed by atoms with Gasteiger partial charge in [0.15, 0.2) is 0 Å². The standard InChI is InChI=1S/C65H42N2O/c1-65(2)55-38-59-52(36-53(55)62-48-24-12-11-22-46(48)50(37-56(62)65)39-16-5-3-6-17-39)51-34-41(29-32-58(51)66(59)42-19-7-4-8-20-42)44-25-15-27-61-63(44)54-35-43(30-33-60(54)68-61)67-57-26-14-13-23-47(57)49-31-28-40-18-9-10-21-45(40)64(49)67/h3-38H,1-2H3. The van der Waals surface area contributed by atoms with E-state index in [1.165, 1.54) is 98.5 Å². The second-order valence-corrected chi connectivity index (χ2v) is 19.2. The van der Waals surface area contributed by atoms with Gasteiger partial charge in [0, 0.05) is 54.5 Å². The lowest BCUT2D eigenvalue weighted by atomic mass is 9.80. The zero-order valence-electron chi connectivity index (χ0n) is 37.6. The second kappa shape index (κ2) is 13.7. The van der Waals surface area contributed by atoms with E-state index >= 15 is 0 Å². The molecule has 0 radical (unpaired) electrons. The van der Waals surface area contributed by atoms with Crippen molar-refractivity contribution in [2.75, 3.05) is 0 Å². The molecular weight excluding hydrogens is 825 g/mol. The lowest BCUT2D eigenvalue weighted by molar-refractivity contribution is 0.661. The minimum Gasteiger partial charge on any atom is -0.456 e. The van der Waals surface area contributed by atoms with Crippen LogP contribution in [0.15, 0.2) is 223 Å². The molecule has 0 amide bonds. The first-order valence-corrected chi connectivity index (χ1v) is 23.7. The van der Waals surface area contributed by atoms with E-state index in [2.05, 4.69) is 241 Å². The molecule has 1 aliphatic rings. The lowest BCUT2D eigenvalue weighted by Gasteiger charge is -2.23. The predicted molar refractivity (Wildman–Crippen MR) is 286 cm³/mol. The average molecular weight is 867 g/mol. The quantitative estimate of drug-likeness (QED) is 0.173. The first-order valence-electron chi connectivity index (χ1n) is 23.7. The van der Waals surface area contributed by atoms with Crippen molar-refractivity contribution in [3.63, 3.8) is 0 Å². The summed E-state index contributed by atoms with van der Waals surface area (Å²) in [7, 11) is 0. The third kappa shape index (κ3) is 5.08. The Labute approximate surface area is 392 Å². The van der Waals surface area contributed by atoms with Gasteiger partial charge in [0.2, 0.25) is 0 Å². The van der Waals surface area contributed by atoms with Gasteiger partial charge in [-0.15, -0.1) is 0 Å².